The molecule has 0 radical (unpaired) electrons. The summed E-state index contributed by atoms with van der Waals surface area (Å²) in [5.74, 6) is -0.401. The highest BCUT2D eigenvalue weighted by atomic mass is 19.3. The van der Waals surface area contributed by atoms with Crippen molar-refractivity contribution in [2.75, 3.05) is 0 Å². The van der Waals surface area contributed by atoms with E-state index < -0.39 is 11.9 Å². The molecule has 0 aliphatic heterocycles. The second-order valence-corrected chi connectivity index (χ2v) is 4.54. The van der Waals surface area contributed by atoms with Crippen LogP contribution >= 0.6 is 0 Å². The van der Waals surface area contributed by atoms with Crippen molar-refractivity contribution < 1.29 is 13.2 Å². The van der Waals surface area contributed by atoms with Gasteiger partial charge in [0.05, 0.1) is 11.6 Å². The quantitative estimate of drug-likeness (QED) is 0.769. The van der Waals surface area contributed by atoms with E-state index >= 15 is 0 Å². The van der Waals surface area contributed by atoms with Crippen LogP contribution in [0.15, 0.2) is 54.6 Å². The number of hydrogen-bond acceptors (Lipinski definition) is 1. The molecule has 0 aromatic heterocycles. The van der Waals surface area contributed by atoms with Crippen LogP contribution in [-0.4, -0.2) is 0 Å². The van der Waals surface area contributed by atoms with Crippen molar-refractivity contribution in [2.24, 2.45) is 0 Å². The molecule has 0 unspecified atom stereocenters. The number of hydrogen-bond donors (Lipinski definition) is 0. The molecule has 2 rings (SSSR count). The van der Waals surface area contributed by atoms with Gasteiger partial charge in [-0.1, -0.05) is 24.3 Å². The standard InChI is InChI=1S/C17H12F3N/c18-16-10-12(2-1-3-17(19)20)6-9-15(16)14-7-4-13(11-21)5-8-14/h3-10H,1-2H2. The highest BCUT2D eigenvalue weighted by molar-refractivity contribution is 5.65. The first-order valence-corrected chi connectivity index (χ1v) is 6.40. The molecule has 0 N–H and O–H groups in total. The molecule has 0 spiro atoms. The zero-order chi connectivity index (χ0) is 15.2. The highest BCUT2D eigenvalue weighted by Crippen LogP contribution is 2.24. The first-order valence-electron chi connectivity index (χ1n) is 6.40. The van der Waals surface area contributed by atoms with E-state index in [1.165, 1.54) is 6.07 Å². The Balaban J connectivity index is 2.18. The Morgan fingerprint density at radius 1 is 1.10 bits per heavy atom. The van der Waals surface area contributed by atoms with Crippen LogP contribution in [0.4, 0.5) is 13.2 Å². The Hall–Kier alpha value is -2.54. The van der Waals surface area contributed by atoms with E-state index in [0.717, 1.165) is 6.08 Å². The Morgan fingerprint density at radius 2 is 1.81 bits per heavy atom. The van der Waals surface area contributed by atoms with Crippen LogP contribution in [0.2, 0.25) is 0 Å². The number of rotatable bonds is 4. The number of allylic oxidation sites excluding steroid dienone is 1. The number of nitriles is 1. The van der Waals surface area contributed by atoms with Gasteiger partial charge in [-0.15, -0.1) is 0 Å². The zero-order valence-corrected chi connectivity index (χ0v) is 11.1. The molecule has 0 saturated carbocycles. The lowest BCUT2D eigenvalue weighted by Gasteiger charge is -2.06. The number of nitrogens with zero attached hydrogens (tertiary/aromatic N) is 1. The molecular formula is C17H12F3N. The predicted molar refractivity (Wildman–Crippen MR) is 75.2 cm³/mol. The van der Waals surface area contributed by atoms with Gasteiger partial charge in [-0.3, -0.25) is 0 Å². The lowest BCUT2D eigenvalue weighted by atomic mass is 10.0. The number of aryl methyl sites for hydroxylation is 1. The molecule has 4 heteroatoms. The van der Waals surface area contributed by atoms with Gasteiger partial charge in [0.2, 0.25) is 0 Å². The van der Waals surface area contributed by atoms with Crippen LogP contribution in [0, 0.1) is 17.1 Å². The van der Waals surface area contributed by atoms with Gasteiger partial charge in [0, 0.05) is 5.56 Å². The van der Waals surface area contributed by atoms with Crippen molar-refractivity contribution in [3.05, 3.63) is 71.6 Å². The zero-order valence-electron chi connectivity index (χ0n) is 11.1. The van der Waals surface area contributed by atoms with Gasteiger partial charge in [-0.05, 0) is 48.2 Å². The Bertz CT molecular complexity index is 693. The van der Waals surface area contributed by atoms with E-state index in [1.54, 1.807) is 36.4 Å². The average molecular weight is 287 g/mol. The van der Waals surface area contributed by atoms with Crippen molar-refractivity contribution >= 4 is 0 Å². The summed E-state index contributed by atoms with van der Waals surface area (Å²) in [6.07, 6.45) is -0.351. The molecule has 21 heavy (non-hydrogen) atoms. The summed E-state index contributed by atoms with van der Waals surface area (Å²) < 4.78 is 37.9. The fraction of sp³-hybridized carbons (Fsp3) is 0.118. The minimum absolute atomic E-state index is 0.179. The molecule has 2 aromatic rings. The Kier molecular flexibility index (Phi) is 4.78. The summed E-state index contributed by atoms with van der Waals surface area (Å²) in [4.78, 5) is 0. The fourth-order valence-corrected chi connectivity index (χ4v) is 2.02. The van der Waals surface area contributed by atoms with E-state index in [4.69, 9.17) is 5.26 Å². The lowest BCUT2D eigenvalue weighted by Crippen LogP contribution is -1.90. The van der Waals surface area contributed by atoms with Gasteiger partial charge in [0.1, 0.15) is 5.82 Å². The molecule has 106 valence electrons. The lowest BCUT2D eigenvalue weighted by molar-refractivity contribution is 0.417. The van der Waals surface area contributed by atoms with Gasteiger partial charge in [0.25, 0.3) is 6.08 Å². The summed E-state index contributed by atoms with van der Waals surface area (Å²) in [6.45, 7) is 0. The van der Waals surface area contributed by atoms with Gasteiger partial charge < -0.3 is 0 Å². The molecule has 2 aromatic carbocycles. The topological polar surface area (TPSA) is 23.8 Å². The first kappa shape index (κ1) is 14.9. The third-order valence-corrected chi connectivity index (χ3v) is 3.09. The van der Waals surface area contributed by atoms with Crippen molar-refractivity contribution in [1.29, 1.82) is 5.26 Å². The molecule has 0 bridgehead atoms. The Morgan fingerprint density at radius 3 is 2.38 bits per heavy atom. The largest absolute Gasteiger partial charge is 0.266 e. The maximum atomic E-state index is 14.1. The molecule has 0 aliphatic rings. The van der Waals surface area contributed by atoms with E-state index in [0.29, 0.717) is 28.7 Å². The van der Waals surface area contributed by atoms with E-state index in [2.05, 4.69) is 0 Å². The molecule has 0 fully saturated rings. The van der Waals surface area contributed by atoms with Crippen LogP contribution in [0.25, 0.3) is 11.1 Å². The smallest absolute Gasteiger partial charge is 0.206 e. The molecule has 0 atom stereocenters. The molecule has 0 heterocycles. The second kappa shape index (κ2) is 6.76. The number of halogens is 3. The van der Waals surface area contributed by atoms with E-state index in [-0.39, 0.29) is 6.42 Å². The van der Waals surface area contributed by atoms with Crippen LogP contribution in [-0.2, 0) is 6.42 Å². The summed E-state index contributed by atoms with van der Waals surface area (Å²) in [5.41, 5.74) is 2.28. The summed E-state index contributed by atoms with van der Waals surface area (Å²) >= 11 is 0. The van der Waals surface area contributed by atoms with Crippen molar-refractivity contribution in [3.63, 3.8) is 0 Å². The van der Waals surface area contributed by atoms with Crippen molar-refractivity contribution in [3.8, 4) is 17.2 Å². The molecule has 1 nitrogen and oxygen atoms in total. The molecule has 0 aliphatic carbocycles. The van der Waals surface area contributed by atoms with Gasteiger partial charge >= 0.3 is 0 Å². The fourth-order valence-electron chi connectivity index (χ4n) is 2.02. The third-order valence-electron chi connectivity index (χ3n) is 3.09. The van der Waals surface area contributed by atoms with E-state index in [9.17, 15) is 13.2 Å². The first-order chi connectivity index (χ1) is 10.1. The van der Waals surface area contributed by atoms with Crippen LogP contribution in [0.5, 0.6) is 0 Å². The maximum Gasteiger partial charge on any atom is 0.266 e. The predicted octanol–water partition coefficient (Wildman–Crippen LogP) is 5.08. The van der Waals surface area contributed by atoms with E-state index in [1.807, 2.05) is 6.07 Å². The number of benzene rings is 2. The molecule has 0 saturated heterocycles. The van der Waals surface area contributed by atoms with Crippen molar-refractivity contribution in [2.45, 2.75) is 12.8 Å². The van der Waals surface area contributed by atoms with Crippen LogP contribution < -0.4 is 0 Å². The SMILES string of the molecule is N#Cc1ccc(-c2ccc(CCC=C(F)F)cc2F)cc1. The third kappa shape index (κ3) is 3.96. The summed E-state index contributed by atoms with van der Waals surface area (Å²) in [5, 5.41) is 8.73. The van der Waals surface area contributed by atoms with Gasteiger partial charge in [-0.2, -0.15) is 14.0 Å². The van der Waals surface area contributed by atoms with Crippen LogP contribution in [0.3, 0.4) is 0 Å². The normalized spacial score (nSPS) is 10.0. The van der Waals surface area contributed by atoms with Crippen molar-refractivity contribution in [1.82, 2.24) is 0 Å². The highest BCUT2D eigenvalue weighted by Gasteiger charge is 2.06. The van der Waals surface area contributed by atoms with Gasteiger partial charge in [-0.25, -0.2) is 4.39 Å². The molecule has 0 amide bonds. The van der Waals surface area contributed by atoms with Crippen LogP contribution in [0.1, 0.15) is 17.5 Å². The maximum absolute atomic E-state index is 14.1. The molecular weight excluding hydrogens is 275 g/mol. The van der Waals surface area contributed by atoms with Gasteiger partial charge in [0.15, 0.2) is 0 Å². The summed E-state index contributed by atoms with van der Waals surface area (Å²) in [6, 6.07) is 13.3. The second-order valence-electron chi connectivity index (χ2n) is 4.54. The Labute approximate surface area is 121 Å². The minimum atomic E-state index is -1.72. The monoisotopic (exact) mass is 287 g/mol. The average Bonchev–Trinajstić information content (AvgIpc) is 2.47. The minimum Gasteiger partial charge on any atom is -0.206 e. The summed E-state index contributed by atoms with van der Waals surface area (Å²) in [7, 11) is 0.